The molecule has 10 nitrogen and oxygen atoms in total. The summed E-state index contributed by atoms with van der Waals surface area (Å²) in [5.41, 5.74) is 2.12. The molecule has 5 amide bonds. The van der Waals surface area contributed by atoms with Crippen LogP contribution in [0.2, 0.25) is 5.02 Å². The van der Waals surface area contributed by atoms with Gasteiger partial charge >= 0.3 is 12.1 Å². The van der Waals surface area contributed by atoms with E-state index in [0.29, 0.717) is 54.7 Å². The van der Waals surface area contributed by atoms with Crippen LogP contribution in [0.25, 0.3) is 0 Å². The molecule has 206 valence electrons. The summed E-state index contributed by atoms with van der Waals surface area (Å²) in [6.45, 7) is 3.24. The normalized spacial score (nSPS) is 20.1. The standard InChI is InChI=1S/C28H32ClN5O5/c29-24-21(25(35)32-13-5-2-6-14-32)11-7-12-23(24)31-15-8-16-33(18-17-31)28(38)39-34-26(36)22(30-27(34)37)19-20-9-3-1-4-10-20/h1,3-4,7,9-12,22H,2,5-6,8,13-19H2,(H,30,37)/t22-/m0/s1. The second-order valence-corrected chi connectivity index (χ2v) is 10.4. The molecule has 3 aliphatic rings. The minimum Gasteiger partial charge on any atom is -0.368 e. The molecule has 2 aromatic rings. The zero-order valence-electron chi connectivity index (χ0n) is 21.7. The van der Waals surface area contributed by atoms with Gasteiger partial charge in [-0.3, -0.25) is 9.59 Å². The monoisotopic (exact) mass is 553 g/mol. The molecule has 1 N–H and O–H groups in total. The van der Waals surface area contributed by atoms with Crippen LogP contribution in [0, 0.1) is 0 Å². The van der Waals surface area contributed by atoms with E-state index in [1.807, 2.05) is 52.3 Å². The molecule has 11 heteroatoms. The van der Waals surface area contributed by atoms with E-state index < -0.39 is 24.1 Å². The molecule has 0 spiro atoms. The second kappa shape index (κ2) is 11.9. The zero-order valence-corrected chi connectivity index (χ0v) is 22.4. The molecule has 0 aliphatic carbocycles. The molecule has 3 aliphatic heterocycles. The van der Waals surface area contributed by atoms with Gasteiger partial charge in [0.25, 0.3) is 11.8 Å². The van der Waals surface area contributed by atoms with Crippen LogP contribution in [-0.2, 0) is 16.1 Å². The van der Waals surface area contributed by atoms with E-state index in [9.17, 15) is 19.2 Å². The Labute approximate surface area is 232 Å². The molecular formula is C28H32ClN5O5. The van der Waals surface area contributed by atoms with E-state index in [1.54, 1.807) is 6.07 Å². The lowest BCUT2D eigenvalue weighted by Crippen LogP contribution is -2.42. The van der Waals surface area contributed by atoms with Crippen molar-refractivity contribution in [2.45, 2.75) is 38.1 Å². The molecule has 3 heterocycles. The maximum Gasteiger partial charge on any atom is 0.434 e. The van der Waals surface area contributed by atoms with Crippen molar-refractivity contribution in [3.05, 3.63) is 64.7 Å². The molecule has 0 bridgehead atoms. The highest BCUT2D eigenvalue weighted by Gasteiger charge is 2.42. The molecule has 39 heavy (non-hydrogen) atoms. The summed E-state index contributed by atoms with van der Waals surface area (Å²) < 4.78 is 0. The number of carbonyl (C=O) groups excluding carboxylic acids is 4. The van der Waals surface area contributed by atoms with E-state index in [4.69, 9.17) is 16.4 Å². The van der Waals surface area contributed by atoms with Gasteiger partial charge in [-0.2, -0.15) is 0 Å². The van der Waals surface area contributed by atoms with Gasteiger partial charge in [-0.15, -0.1) is 0 Å². The maximum absolute atomic E-state index is 13.1. The molecule has 2 aromatic carbocycles. The van der Waals surface area contributed by atoms with Crippen molar-refractivity contribution in [1.29, 1.82) is 0 Å². The number of nitrogens with one attached hydrogen (secondary N) is 1. The van der Waals surface area contributed by atoms with Crippen molar-refractivity contribution in [2.75, 3.05) is 44.2 Å². The lowest BCUT2D eigenvalue weighted by atomic mass is 10.1. The summed E-state index contributed by atoms with van der Waals surface area (Å²) in [6.07, 6.45) is 3.29. The quantitative estimate of drug-likeness (QED) is 0.567. The van der Waals surface area contributed by atoms with Gasteiger partial charge < -0.3 is 24.9 Å². The number of piperidine rings is 1. The molecule has 0 unspecified atom stereocenters. The number of hydrogen-bond acceptors (Lipinski definition) is 6. The Kier molecular flexibility index (Phi) is 8.21. The van der Waals surface area contributed by atoms with Crippen LogP contribution in [0.3, 0.4) is 0 Å². The Balaban J connectivity index is 1.19. The topological polar surface area (TPSA) is 102 Å². The Morgan fingerprint density at radius 2 is 1.59 bits per heavy atom. The summed E-state index contributed by atoms with van der Waals surface area (Å²) >= 11 is 6.74. The number of carbonyl (C=O) groups is 4. The number of hydrogen-bond donors (Lipinski definition) is 1. The van der Waals surface area contributed by atoms with Gasteiger partial charge in [0.05, 0.1) is 16.3 Å². The second-order valence-electron chi connectivity index (χ2n) is 10.0. The predicted molar refractivity (Wildman–Crippen MR) is 145 cm³/mol. The van der Waals surface area contributed by atoms with E-state index in [0.717, 1.165) is 43.6 Å². The van der Waals surface area contributed by atoms with Gasteiger partial charge in [-0.25, -0.2) is 9.59 Å². The molecule has 5 rings (SSSR count). The highest BCUT2D eigenvalue weighted by Crippen LogP contribution is 2.31. The first kappa shape index (κ1) is 26.8. The highest BCUT2D eigenvalue weighted by atomic mass is 35.5. The number of halogens is 1. The largest absolute Gasteiger partial charge is 0.434 e. The van der Waals surface area contributed by atoms with Crippen molar-refractivity contribution in [1.82, 2.24) is 20.2 Å². The van der Waals surface area contributed by atoms with Crippen LogP contribution in [0.15, 0.2) is 48.5 Å². The number of urea groups is 1. The van der Waals surface area contributed by atoms with Crippen LogP contribution >= 0.6 is 11.6 Å². The molecular weight excluding hydrogens is 522 g/mol. The van der Waals surface area contributed by atoms with E-state index in [-0.39, 0.29) is 5.91 Å². The average Bonchev–Trinajstić information content (AvgIpc) is 3.11. The van der Waals surface area contributed by atoms with Gasteiger partial charge in [0.15, 0.2) is 0 Å². The first-order valence-corrected chi connectivity index (χ1v) is 13.8. The number of rotatable bonds is 5. The predicted octanol–water partition coefficient (Wildman–Crippen LogP) is 3.69. The molecule has 0 radical (unpaired) electrons. The molecule has 1 atom stereocenters. The summed E-state index contributed by atoms with van der Waals surface area (Å²) in [7, 11) is 0. The highest BCUT2D eigenvalue weighted by molar-refractivity contribution is 6.36. The minimum atomic E-state index is -0.797. The molecule has 0 saturated carbocycles. The number of hydroxylamine groups is 2. The Morgan fingerprint density at radius 3 is 2.36 bits per heavy atom. The fraction of sp³-hybridized carbons (Fsp3) is 0.429. The van der Waals surface area contributed by atoms with Gasteiger partial charge in [0, 0.05) is 45.7 Å². The van der Waals surface area contributed by atoms with Crippen molar-refractivity contribution in [3.8, 4) is 0 Å². The average molecular weight is 554 g/mol. The number of anilines is 1. The smallest absolute Gasteiger partial charge is 0.368 e. The number of likely N-dealkylation sites (tertiary alicyclic amines) is 1. The van der Waals surface area contributed by atoms with Crippen molar-refractivity contribution in [3.63, 3.8) is 0 Å². The Hall–Kier alpha value is -3.79. The van der Waals surface area contributed by atoms with E-state index in [1.165, 1.54) is 4.90 Å². The zero-order chi connectivity index (χ0) is 27.4. The molecule has 0 aromatic heterocycles. The van der Waals surface area contributed by atoms with E-state index >= 15 is 0 Å². The summed E-state index contributed by atoms with van der Waals surface area (Å²) in [5.74, 6) is -0.656. The fourth-order valence-electron chi connectivity index (χ4n) is 5.26. The minimum absolute atomic E-state index is 0.0549. The van der Waals surface area contributed by atoms with Crippen molar-refractivity contribution >= 4 is 41.2 Å². The third kappa shape index (κ3) is 5.95. The number of imide groups is 1. The fourth-order valence-corrected chi connectivity index (χ4v) is 5.59. The van der Waals surface area contributed by atoms with Crippen molar-refractivity contribution < 1.29 is 24.0 Å². The first-order valence-electron chi connectivity index (χ1n) is 13.4. The van der Waals surface area contributed by atoms with Crippen LogP contribution in [0.5, 0.6) is 0 Å². The van der Waals surface area contributed by atoms with Gasteiger partial charge in [-0.05, 0) is 43.4 Å². The first-order chi connectivity index (χ1) is 18.9. The summed E-state index contributed by atoms with van der Waals surface area (Å²) in [6, 6.07) is 13.2. The van der Waals surface area contributed by atoms with Crippen LogP contribution < -0.4 is 10.2 Å². The SMILES string of the molecule is O=C(ON1C(=O)N[C@@H](Cc2ccccc2)C1=O)N1CCCN(c2cccc(C(=O)N3CCCCC3)c2Cl)CC1. The summed E-state index contributed by atoms with van der Waals surface area (Å²) in [4.78, 5) is 61.8. The number of benzene rings is 2. The number of nitrogens with zero attached hydrogens (tertiary/aromatic N) is 4. The van der Waals surface area contributed by atoms with Crippen LogP contribution in [0.4, 0.5) is 15.3 Å². The molecule has 3 saturated heterocycles. The van der Waals surface area contributed by atoms with Crippen LogP contribution in [-0.4, -0.2) is 84.1 Å². The number of amides is 5. The third-order valence-corrected chi connectivity index (χ3v) is 7.78. The Morgan fingerprint density at radius 1 is 0.846 bits per heavy atom. The van der Waals surface area contributed by atoms with Gasteiger partial charge in [-0.1, -0.05) is 53.1 Å². The lowest BCUT2D eigenvalue weighted by Gasteiger charge is -2.29. The third-order valence-electron chi connectivity index (χ3n) is 7.38. The summed E-state index contributed by atoms with van der Waals surface area (Å²) in [5, 5.41) is 3.51. The lowest BCUT2D eigenvalue weighted by molar-refractivity contribution is -0.151. The van der Waals surface area contributed by atoms with E-state index in [2.05, 4.69) is 5.32 Å². The van der Waals surface area contributed by atoms with Crippen molar-refractivity contribution in [2.24, 2.45) is 0 Å². The van der Waals surface area contributed by atoms with Gasteiger partial charge in [0.2, 0.25) is 0 Å². The molecule has 3 fully saturated rings. The van der Waals surface area contributed by atoms with Gasteiger partial charge in [0.1, 0.15) is 6.04 Å². The Bertz CT molecular complexity index is 1240. The van der Waals surface area contributed by atoms with Crippen LogP contribution in [0.1, 0.15) is 41.6 Å². The maximum atomic E-state index is 13.1.